The summed E-state index contributed by atoms with van der Waals surface area (Å²) in [6.45, 7) is 0.790. The largest absolute Gasteiger partial charge is 0.376 e. The van der Waals surface area contributed by atoms with Crippen molar-refractivity contribution in [2.45, 2.75) is 25.5 Å². The molecule has 132 valence electrons. The number of aromatic nitrogens is 1. The Bertz CT molecular complexity index is 749. The molecule has 0 unspecified atom stereocenters. The Morgan fingerprint density at radius 1 is 1.20 bits per heavy atom. The zero-order valence-corrected chi connectivity index (χ0v) is 13.4. The summed E-state index contributed by atoms with van der Waals surface area (Å²) in [6.07, 6.45) is 2.96. The maximum atomic E-state index is 14.0. The normalized spacial score (nSPS) is 16.8. The van der Waals surface area contributed by atoms with Gasteiger partial charge < -0.3 is 9.64 Å². The predicted molar refractivity (Wildman–Crippen MR) is 84.3 cm³/mol. The Balaban J connectivity index is 1.90. The second-order valence-electron chi connectivity index (χ2n) is 5.86. The standard InChI is InChI=1S/C18H17F3N2O2/c19-14-6-7-15(20)17(21)16(14)18(24)23(11-13-5-3-9-25-13)10-12-4-1-2-8-22-12/h1-2,4,6-8,13H,3,5,9-11H2/t13-/m1/s1. The van der Waals surface area contributed by atoms with Crippen molar-refractivity contribution in [1.82, 2.24) is 9.88 Å². The summed E-state index contributed by atoms with van der Waals surface area (Å²) < 4.78 is 47.0. The van der Waals surface area contributed by atoms with E-state index in [1.165, 1.54) is 4.90 Å². The van der Waals surface area contributed by atoms with Gasteiger partial charge in [0.25, 0.3) is 5.91 Å². The lowest BCUT2D eigenvalue weighted by Crippen LogP contribution is -2.38. The number of hydrogen-bond donors (Lipinski definition) is 0. The van der Waals surface area contributed by atoms with E-state index in [4.69, 9.17) is 4.74 Å². The minimum absolute atomic E-state index is 0.0505. The summed E-state index contributed by atoms with van der Waals surface area (Å²) in [5.74, 6) is -4.76. The van der Waals surface area contributed by atoms with Crippen molar-refractivity contribution in [3.63, 3.8) is 0 Å². The molecule has 0 bridgehead atoms. The SMILES string of the molecule is O=C(c1c(F)ccc(F)c1F)N(Cc1ccccn1)C[C@H]1CCCO1. The average molecular weight is 350 g/mol. The molecule has 25 heavy (non-hydrogen) atoms. The van der Waals surface area contributed by atoms with E-state index in [9.17, 15) is 18.0 Å². The van der Waals surface area contributed by atoms with Crippen molar-refractivity contribution >= 4 is 5.91 Å². The number of amides is 1. The maximum Gasteiger partial charge on any atom is 0.260 e. The fourth-order valence-electron chi connectivity index (χ4n) is 2.82. The van der Waals surface area contributed by atoms with Crippen LogP contribution in [0.2, 0.25) is 0 Å². The maximum absolute atomic E-state index is 14.0. The van der Waals surface area contributed by atoms with Crippen molar-refractivity contribution < 1.29 is 22.7 Å². The molecule has 1 fully saturated rings. The molecule has 1 amide bonds. The van der Waals surface area contributed by atoms with Crippen molar-refractivity contribution in [3.05, 3.63) is 65.2 Å². The van der Waals surface area contributed by atoms with Gasteiger partial charge in [-0.25, -0.2) is 13.2 Å². The van der Waals surface area contributed by atoms with Crippen molar-refractivity contribution in [3.8, 4) is 0 Å². The highest BCUT2D eigenvalue weighted by Crippen LogP contribution is 2.21. The summed E-state index contributed by atoms with van der Waals surface area (Å²) in [5.41, 5.74) is -0.333. The first-order valence-corrected chi connectivity index (χ1v) is 8.00. The van der Waals surface area contributed by atoms with E-state index < -0.39 is 28.9 Å². The summed E-state index contributed by atoms with van der Waals surface area (Å²) >= 11 is 0. The van der Waals surface area contributed by atoms with E-state index in [1.807, 2.05) is 0 Å². The summed E-state index contributed by atoms with van der Waals surface area (Å²) in [4.78, 5) is 18.1. The molecular formula is C18H17F3N2O2. The van der Waals surface area contributed by atoms with Crippen molar-refractivity contribution in [2.75, 3.05) is 13.2 Å². The first kappa shape index (κ1) is 17.4. The van der Waals surface area contributed by atoms with E-state index >= 15 is 0 Å². The molecule has 3 rings (SSSR count). The molecule has 2 aromatic rings. The third-order valence-electron chi connectivity index (χ3n) is 4.07. The van der Waals surface area contributed by atoms with Crippen LogP contribution < -0.4 is 0 Å². The van der Waals surface area contributed by atoms with E-state index in [-0.39, 0.29) is 19.2 Å². The van der Waals surface area contributed by atoms with Crippen LogP contribution in [-0.2, 0) is 11.3 Å². The number of rotatable bonds is 5. The molecule has 4 nitrogen and oxygen atoms in total. The highest BCUT2D eigenvalue weighted by atomic mass is 19.2. The van der Waals surface area contributed by atoms with Crippen LogP contribution in [0.1, 0.15) is 28.9 Å². The number of pyridine rings is 1. The molecule has 1 aromatic carbocycles. The molecule has 0 saturated carbocycles. The Hall–Kier alpha value is -2.41. The van der Waals surface area contributed by atoms with Crippen LogP contribution in [0.4, 0.5) is 13.2 Å². The molecule has 1 saturated heterocycles. The Morgan fingerprint density at radius 2 is 2.00 bits per heavy atom. The Labute approximate surface area is 143 Å². The summed E-state index contributed by atoms with van der Waals surface area (Å²) in [6, 6.07) is 6.58. The second kappa shape index (κ2) is 7.65. The van der Waals surface area contributed by atoms with Gasteiger partial charge in [-0.05, 0) is 37.1 Å². The number of benzene rings is 1. The van der Waals surface area contributed by atoms with Crippen LogP contribution in [0.25, 0.3) is 0 Å². The van der Waals surface area contributed by atoms with Gasteiger partial charge in [-0.15, -0.1) is 0 Å². The van der Waals surface area contributed by atoms with Crippen LogP contribution in [0.15, 0.2) is 36.5 Å². The second-order valence-corrected chi connectivity index (χ2v) is 5.86. The van der Waals surface area contributed by atoms with Gasteiger partial charge in [0.15, 0.2) is 11.6 Å². The topological polar surface area (TPSA) is 42.4 Å². The van der Waals surface area contributed by atoms with E-state index in [0.717, 1.165) is 18.9 Å². The van der Waals surface area contributed by atoms with Crippen LogP contribution in [0.5, 0.6) is 0 Å². The molecule has 7 heteroatoms. The number of halogens is 3. The van der Waals surface area contributed by atoms with Gasteiger partial charge in [-0.2, -0.15) is 0 Å². The van der Waals surface area contributed by atoms with Crippen molar-refractivity contribution in [2.24, 2.45) is 0 Å². The zero-order chi connectivity index (χ0) is 17.8. The van der Waals surface area contributed by atoms with Gasteiger partial charge in [-0.3, -0.25) is 9.78 Å². The minimum Gasteiger partial charge on any atom is -0.376 e. The molecule has 1 atom stereocenters. The van der Waals surface area contributed by atoms with Gasteiger partial charge in [-0.1, -0.05) is 6.07 Å². The van der Waals surface area contributed by atoms with E-state index in [0.29, 0.717) is 18.4 Å². The molecule has 0 spiro atoms. The first-order valence-electron chi connectivity index (χ1n) is 8.00. The zero-order valence-electron chi connectivity index (χ0n) is 13.4. The minimum atomic E-state index is -1.48. The Kier molecular flexibility index (Phi) is 5.33. The molecule has 1 aliphatic heterocycles. The van der Waals surface area contributed by atoms with Crippen molar-refractivity contribution in [1.29, 1.82) is 0 Å². The van der Waals surface area contributed by atoms with Gasteiger partial charge in [0.2, 0.25) is 0 Å². The molecule has 1 aromatic heterocycles. The van der Waals surface area contributed by atoms with Crippen LogP contribution in [0.3, 0.4) is 0 Å². The molecular weight excluding hydrogens is 333 g/mol. The quantitative estimate of drug-likeness (QED) is 0.777. The molecule has 0 radical (unpaired) electrons. The Morgan fingerprint density at radius 3 is 2.68 bits per heavy atom. The number of carbonyl (C=O) groups is 1. The van der Waals surface area contributed by atoms with E-state index in [2.05, 4.69) is 4.98 Å². The lowest BCUT2D eigenvalue weighted by molar-refractivity contribution is 0.0496. The molecule has 0 aliphatic carbocycles. The van der Waals surface area contributed by atoms with Gasteiger partial charge in [0.1, 0.15) is 11.4 Å². The van der Waals surface area contributed by atoms with Crippen LogP contribution in [0, 0.1) is 17.5 Å². The third-order valence-corrected chi connectivity index (χ3v) is 4.07. The average Bonchev–Trinajstić information content (AvgIpc) is 3.12. The van der Waals surface area contributed by atoms with Gasteiger partial charge >= 0.3 is 0 Å². The summed E-state index contributed by atoms with van der Waals surface area (Å²) in [5, 5.41) is 0. The third kappa shape index (κ3) is 3.99. The lowest BCUT2D eigenvalue weighted by atomic mass is 10.1. The number of carbonyl (C=O) groups excluding carboxylic acids is 1. The number of hydrogen-bond acceptors (Lipinski definition) is 3. The fourth-order valence-corrected chi connectivity index (χ4v) is 2.82. The molecule has 2 heterocycles. The number of nitrogens with zero attached hydrogens (tertiary/aromatic N) is 2. The first-order chi connectivity index (χ1) is 12.1. The molecule has 1 aliphatic rings. The van der Waals surface area contributed by atoms with Gasteiger partial charge in [0.05, 0.1) is 18.3 Å². The highest BCUT2D eigenvalue weighted by molar-refractivity contribution is 5.94. The fraction of sp³-hybridized carbons (Fsp3) is 0.333. The predicted octanol–water partition coefficient (Wildman–Crippen LogP) is 3.32. The van der Waals surface area contributed by atoms with E-state index in [1.54, 1.807) is 24.4 Å². The highest BCUT2D eigenvalue weighted by Gasteiger charge is 2.29. The number of ether oxygens (including phenoxy) is 1. The lowest BCUT2D eigenvalue weighted by Gasteiger charge is -2.25. The summed E-state index contributed by atoms with van der Waals surface area (Å²) in [7, 11) is 0. The smallest absolute Gasteiger partial charge is 0.260 e. The van der Waals surface area contributed by atoms with Crippen LogP contribution in [-0.4, -0.2) is 35.0 Å². The monoisotopic (exact) mass is 350 g/mol. The van der Waals surface area contributed by atoms with Crippen LogP contribution >= 0.6 is 0 Å². The van der Waals surface area contributed by atoms with Gasteiger partial charge in [0, 0.05) is 19.3 Å². The molecule has 0 N–H and O–H groups in total.